The molecule has 0 spiro atoms. The second-order valence-electron chi connectivity index (χ2n) is 2.04. The van der Waals surface area contributed by atoms with Crippen molar-refractivity contribution in [3.8, 4) is 0 Å². The van der Waals surface area contributed by atoms with Gasteiger partial charge >= 0.3 is 10.9 Å². The first kappa shape index (κ1) is 11.0. The molecule has 0 aromatic carbocycles. The third-order valence-corrected chi connectivity index (χ3v) is 1.04. The van der Waals surface area contributed by atoms with Crippen LogP contribution in [-0.2, 0) is 0 Å². The van der Waals surface area contributed by atoms with Crippen molar-refractivity contribution >= 4 is 27.9 Å². The van der Waals surface area contributed by atoms with E-state index in [9.17, 15) is 13.2 Å². The van der Waals surface area contributed by atoms with Crippen molar-refractivity contribution in [3.05, 3.63) is 0 Å². The topological polar surface area (TPSA) is 17.1 Å². The fourth-order valence-corrected chi connectivity index (χ4v) is 0.411. The number of alkyl halides is 3. The molecular formula is C5H5Cl2F3O. The van der Waals surface area contributed by atoms with Crippen LogP contribution in [0, 0.1) is 5.92 Å². The van der Waals surface area contributed by atoms with Crippen LogP contribution in [0.2, 0.25) is 0 Å². The molecule has 0 unspecified atom stereocenters. The van der Waals surface area contributed by atoms with E-state index in [4.69, 9.17) is 4.79 Å². The average Bonchev–Trinajstić information content (AvgIpc) is 2.33. The molecule has 0 heterocycles. The van der Waals surface area contributed by atoms with Gasteiger partial charge in [0.15, 0.2) is 0 Å². The molecule has 1 nitrogen and oxygen atoms in total. The molecule has 0 bridgehead atoms. The van der Waals surface area contributed by atoms with E-state index in [1.165, 1.54) is 0 Å². The molecule has 1 aliphatic carbocycles. The van der Waals surface area contributed by atoms with Crippen LogP contribution in [0.1, 0.15) is 12.8 Å². The highest BCUT2D eigenvalue weighted by Gasteiger charge is 2.46. The SMILES string of the molecule is FC(F)(F)C1CC1.O=C(Cl)Cl. The van der Waals surface area contributed by atoms with E-state index < -0.39 is 16.8 Å². The van der Waals surface area contributed by atoms with Crippen molar-refractivity contribution in [2.24, 2.45) is 5.92 Å². The van der Waals surface area contributed by atoms with Crippen LogP contribution in [0.15, 0.2) is 0 Å². The van der Waals surface area contributed by atoms with E-state index in [1.54, 1.807) is 0 Å². The van der Waals surface area contributed by atoms with Crippen LogP contribution in [0.5, 0.6) is 0 Å². The number of carbonyl (C=O) groups is 1. The van der Waals surface area contributed by atoms with Gasteiger partial charge in [0.05, 0.1) is 5.92 Å². The second kappa shape index (κ2) is 4.16. The summed E-state index contributed by atoms with van der Waals surface area (Å²) in [5, 5.41) is 0. The first-order chi connectivity index (χ1) is 4.84. The molecule has 1 fully saturated rings. The number of halogens is 5. The van der Waals surface area contributed by atoms with E-state index in [2.05, 4.69) is 23.2 Å². The van der Waals surface area contributed by atoms with Crippen molar-refractivity contribution in [2.45, 2.75) is 19.0 Å². The van der Waals surface area contributed by atoms with E-state index in [0.29, 0.717) is 12.8 Å². The lowest BCUT2D eigenvalue weighted by Crippen LogP contribution is -2.08. The molecule has 66 valence electrons. The van der Waals surface area contributed by atoms with Gasteiger partial charge in [0.2, 0.25) is 0 Å². The first-order valence-corrected chi connectivity index (χ1v) is 3.51. The number of hydrogen-bond donors (Lipinski definition) is 0. The predicted octanol–water partition coefficient (Wildman–Crippen LogP) is 3.54. The lowest BCUT2D eigenvalue weighted by molar-refractivity contribution is -0.147. The maximum absolute atomic E-state index is 11.2. The summed E-state index contributed by atoms with van der Waals surface area (Å²) in [6.07, 6.45) is -3.19. The maximum atomic E-state index is 11.2. The van der Waals surface area contributed by atoms with E-state index in [-0.39, 0.29) is 0 Å². The standard InChI is InChI=1S/C4H5F3.CCl2O/c5-4(6,7)3-1-2-3;2-1(3)4/h3H,1-2H2;. The highest BCUT2D eigenvalue weighted by molar-refractivity contribution is 6.93. The Hall–Kier alpha value is 0.0400. The highest BCUT2D eigenvalue weighted by atomic mass is 35.5. The Balaban J connectivity index is 0.000000218. The minimum Gasteiger partial charge on any atom is -0.262 e. The van der Waals surface area contributed by atoms with Gasteiger partial charge in [-0.15, -0.1) is 0 Å². The molecule has 0 aromatic rings. The van der Waals surface area contributed by atoms with Gasteiger partial charge in [0.1, 0.15) is 0 Å². The Labute approximate surface area is 71.5 Å². The monoisotopic (exact) mass is 208 g/mol. The summed E-state index contributed by atoms with van der Waals surface area (Å²) in [5.74, 6) is -0.951. The van der Waals surface area contributed by atoms with Gasteiger partial charge in [-0.05, 0) is 36.0 Å². The summed E-state index contributed by atoms with van der Waals surface area (Å²) < 4.78 is 32.8. The maximum Gasteiger partial charge on any atom is 0.391 e. The first-order valence-electron chi connectivity index (χ1n) is 2.75. The molecule has 1 saturated carbocycles. The Morgan fingerprint density at radius 2 is 1.55 bits per heavy atom. The molecule has 0 amide bonds. The Kier molecular flexibility index (Phi) is 4.18. The third kappa shape index (κ3) is 7.94. The largest absolute Gasteiger partial charge is 0.391 e. The lowest BCUT2D eigenvalue weighted by atomic mass is 10.4. The van der Waals surface area contributed by atoms with Gasteiger partial charge in [-0.3, -0.25) is 4.79 Å². The molecule has 1 rings (SSSR count). The minimum atomic E-state index is -3.89. The minimum absolute atomic E-state index is 0.351. The molecule has 0 atom stereocenters. The Morgan fingerprint density at radius 1 is 1.27 bits per heavy atom. The van der Waals surface area contributed by atoms with Crippen molar-refractivity contribution < 1.29 is 18.0 Å². The van der Waals surface area contributed by atoms with Crippen LogP contribution in [0.3, 0.4) is 0 Å². The molecule has 11 heavy (non-hydrogen) atoms. The number of hydrogen-bond acceptors (Lipinski definition) is 1. The van der Waals surface area contributed by atoms with Crippen LogP contribution in [0.25, 0.3) is 0 Å². The Bertz CT molecular complexity index is 137. The van der Waals surface area contributed by atoms with Crippen molar-refractivity contribution in [1.82, 2.24) is 0 Å². The molecule has 0 saturated heterocycles. The zero-order valence-electron chi connectivity index (χ0n) is 5.29. The molecular weight excluding hydrogens is 204 g/mol. The Morgan fingerprint density at radius 3 is 1.55 bits per heavy atom. The molecule has 0 aliphatic heterocycles. The quantitative estimate of drug-likeness (QED) is 0.557. The zero-order valence-corrected chi connectivity index (χ0v) is 6.80. The van der Waals surface area contributed by atoms with Gasteiger partial charge in [-0.25, -0.2) is 0 Å². The molecule has 1 aliphatic rings. The molecule has 0 radical (unpaired) electrons. The molecule has 6 heteroatoms. The summed E-state index contributed by atoms with van der Waals surface area (Å²) in [6, 6.07) is 0. The normalized spacial score (nSPS) is 16.8. The van der Waals surface area contributed by atoms with Gasteiger partial charge < -0.3 is 0 Å². The summed E-state index contributed by atoms with van der Waals surface area (Å²) in [6.45, 7) is 0. The number of rotatable bonds is 0. The van der Waals surface area contributed by atoms with Gasteiger partial charge in [-0.1, -0.05) is 0 Å². The van der Waals surface area contributed by atoms with E-state index in [1.807, 2.05) is 0 Å². The summed E-state index contributed by atoms with van der Waals surface area (Å²) in [4.78, 5) is 8.98. The summed E-state index contributed by atoms with van der Waals surface area (Å²) >= 11 is 8.80. The van der Waals surface area contributed by atoms with Crippen LogP contribution >= 0.6 is 23.2 Å². The highest BCUT2D eigenvalue weighted by Crippen LogP contribution is 2.43. The fourth-order valence-electron chi connectivity index (χ4n) is 0.411. The zero-order chi connectivity index (χ0) is 9.07. The summed E-state index contributed by atoms with van der Waals surface area (Å²) in [7, 11) is 0. The lowest BCUT2D eigenvalue weighted by Gasteiger charge is -1.99. The van der Waals surface area contributed by atoms with Crippen molar-refractivity contribution in [3.63, 3.8) is 0 Å². The van der Waals surface area contributed by atoms with Crippen LogP contribution in [-0.4, -0.2) is 10.9 Å². The van der Waals surface area contributed by atoms with Crippen LogP contribution < -0.4 is 0 Å². The van der Waals surface area contributed by atoms with Gasteiger partial charge in [0.25, 0.3) is 0 Å². The smallest absolute Gasteiger partial charge is 0.262 e. The average molecular weight is 209 g/mol. The second-order valence-corrected chi connectivity index (χ2v) is 2.92. The van der Waals surface area contributed by atoms with Crippen LogP contribution in [0.4, 0.5) is 18.0 Å². The third-order valence-electron chi connectivity index (χ3n) is 1.04. The molecule has 0 aromatic heterocycles. The van der Waals surface area contributed by atoms with Crippen molar-refractivity contribution in [1.29, 1.82) is 0 Å². The molecule has 0 N–H and O–H groups in total. The van der Waals surface area contributed by atoms with Gasteiger partial charge in [0, 0.05) is 0 Å². The predicted molar refractivity (Wildman–Crippen MR) is 35.9 cm³/mol. The van der Waals surface area contributed by atoms with Crippen molar-refractivity contribution in [2.75, 3.05) is 0 Å². The summed E-state index contributed by atoms with van der Waals surface area (Å²) in [5.41, 5.74) is 0. The fraction of sp³-hybridized carbons (Fsp3) is 0.800. The van der Waals surface area contributed by atoms with Gasteiger partial charge in [-0.2, -0.15) is 13.2 Å². The van der Waals surface area contributed by atoms with E-state index in [0.717, 1.165) is 0 Å². The van der Waals surface area contributed by atoms with E-state index >= 15 is 0 Å². The number of carbonyl (C=O) groups excluding carboxylic acids is 1.